The Balaban J connectivity index is 1.91. The van der Waals surface area contributed by atoms with Gasteiger partial charge in [0, 0.05) is 19.9 Å². The van der Waals surface area contributed by atoms with E-state index in [9.17, 15) is 0 Å². The summed E-state index contributed by atoms with van der Waals surface area (Å²) < 4.78 is 6.91. The maximum Gasteiger partial charge on any atom is 0.0729 e. The molecular formula is C15H21N3O. The van der Waals surface area contributed by atoms with E-state index in [0.717, 1.165) is 18.8 Å². The number of nitrogens with one attached hydrogen (secondary N) is 1. The molecule has 0 unspecified atom stereocenters. The highest BCUT2D eigenvalue weighted by Crippen LogP contribution is 2.12. The van der Waals surface area contributed by atoms with Crippen LogP contribution in [0, 0.1) is 13.8 Å². The summed E-state index contributed by atoms with van der Waals surface area (Å²) in [5.41, 5.74) is 4.98. The maximum atomic E-state index is 5.03. The fraction of sp³-hybridized carbons (Fsp3) is 0.400. The lowest BCUT2D eigenvalue weighted by Crippen LogP contribution is -2.04. The molecule has 0 aliphatic carbocycles. The molecule has 0 bridgehead atoms. The summed E-state index contributed by atoms with van der Waals surface area (Å²) in [6.07, 6.45) is 3.84. The van der Waals surface area contributed by atoms with Crippen LogP contribution in [-0.4, -0.2) is 23.5 Å². The Morgan fingerprint density at radius 1 is 1.26 bits per heavy atom. The van der Waals surface area contributed by atoms with E-state index in [-0.39, 0.29) is 0 Å². The van der Waals surface area contributed by atoms with Crippen LogP contribution >= 0.6 is 0 Å². The van der Waals surface area contributed by atoms with Crippen molar-refractivity contribution < 1.29 is 4.74 Å². The number of aromatic nitrogens is 2. The van der Waals surface area contributed by atoms with Gasteiger partial charge in [-0.2, -0.15) is 5.10 Å². The Kier molecular flexibility index (Phi) is 4.58. The first-order valence-electron chi connectivity index (χ1n) is 6.50. The molecule has 1 N–H and O–H groups in total. The summed E-state index contributed by atoms with van der Waals surface area (Å²) in [4.78, 5) is 0. The highest BCUT2D eigenvalue weighted by Gasteiger charge is 2.00. The summed E-state index contributed by atoms with van der Waals surface area (Å²) >= 11 is 0. The third kappa shape index (κ3) is 3.83. The second-order valence-electron chi connectivity index (χ2n) is 4.76. The molecule has 4 heteroatoms. The number of methoxy groups -OCH3 is 1. The van der Waals surface area contributed by atoms with E-state index in [2.05, 4.69) is 42.5 Å². The van der Waals surface area contributed by atoms with Crippen LogP contribution in [0.25, 0.3) is 0 Å². The Bertz CT molecular complexity index is 534. The zero-order valence-electron chi connectivity index (χ0n) is 11.8. The zero-order chi connectivity index (χ0) is 13.7. The highest BCUT2D eigenvalue weighted by atomic mass is 16.5. The lowest BCUT2D eigenvalue weighted by atomic mass is 10.1. The van der Waals surface area contributed by atoms with Crippen LogP contribution in [-0.2, 0) is 17.8 Å². The molecule has 0 saturated heterocycles. The van der Waals surface area contributed by atoms with Gasteiger partial charge in [0.25, 0.3) is 0 Å². The molecule has 0 saturated carbocycles. The number of hydrogen-bond acceptors (Lipinski definition) is 3. The van der Waals surface area contributed by atoms with Gasteiger partial charge in [-0.15, -0.1) is 0 Å². The molecular weight excluding hydrogens is 238 g/mol. The molecule has 1 heterocycles. The minimum Gasteiger partial charge on any atom is -0.383 e. The van der Waals surface area contributed by atoms with E-state index < -0.39 is 0 Å². The largest absolute Gasteiger partial charge is 0.383 e. The fourth-order valence-electron chi connectivity index (χ4n) is 1.88. The molecule has 0 aliphatic rings. The zero-order valence-corrected chi connectivity index (χ0v) is 11.8. The molecule has 2 rings (SSSR count). The van der Waals surface area contributed by atoms with Crippen LogP contribution in [0.3, 0.4) is 0 Å². The number of benzene rings is 1. The van der Waals surface area contributed by atoms with Crippen LogP contribution in [0.15, 0.2) is 30.6 Å². The molecule has 19 heavy (non-hydrogen) atoms. The Morgan fingerprint density at radius 2 is 2.11 bits per heavy atom. The van der Waals surface area contributed by atoms with Crippen LogP contribution in [0.2, 0.25) is 0 Å². The summed E-state index contributed by atoms with van der Waals surface area (Å²) in [5, 5.41) is 7.65. The monoisotopic (exact) mass is 259 g/mol. The van der Waals surface area contributed by atoms with Gasteiger partial charge in [-0.05, 0) is 30.5 Å². The third-order valence-electron chi connectivity index (χ3n) is 3.23. The smallest absolute Gasteiger partial charge is 0.0729 e. The quantitative estimate of drug-likeness (QED) is 0.867. The first kappa shape index (κ1) is 13.6. The Hall–Kier alpha value is -1.81. The van der Waals surface area contributed by atoms with E-state index >= 15 is 0 Å². The summed E-state index contributed by atoms with van der Waals surface area (Å²) in [7, 11) is 1.70. The van der Waals surface area contributed by atoms with E-state index in [1.165, 1.54) is 16.7 Å². The number of anilines is 1. The molecule has 0 radical (unpaired) electrons. The summed E-state index contributed by atoms with van der Waals surface area (Å²) in [5.74, 6) is 0. The third-order valence-corrected chi connectivity index (χ3v) is 3.23. The van der Waals surface area contributed by atoms with Crippen molar-refractivity contribution in [2.24, 2.45) is 0 Å². The van der Waals surface area contributed by atoms with Gasteiger partial charge in [-0.3, -0.25) is 4.68 Å². The molecule has 102 valence electrons. The molecule has 0 atom stereocenters. The molecule has 1 aromatic heterocycles. The number of nitrogens with zero attached hydrogens (tertiary/aromatic N) is 2. The lowest BCUT2D eigenvalue weighted by molar-refractivity contribution is 0.183. The molecule has 2 aromatic rings. The Morgan fingerprint density at radius 3 is 2.84 bits per heavy atom. The van der Waals surface area contributed by atoms with Crippen molar-refractivity contribution in [3.05, 3.63) is 47.3 Å². The van der Waals surface area contributed by atoms with Crippen LogP contribution in [0.4, 0.5) is 5.69 Å². The second kappa shape index (κ2) is 6.38. The number of ether oxygens (including phenoxy) is 1. The summed E-state index contributed by atoms with van der Waals surface area (Å²) in [6, 6.07) is 6.54. The topological polar surface area (TPSA) is 39.1 Å². The van der Waals surface area contributed by atoms with Crippen LogP contribution < -0.4 is 5.32 Å². The van der Waals surface area contributed by atoms with Gasteiger partial charge in [-0.1, -0.05) is 18.2 Å². The molecule has 1 aromatic carbocycles. The number of hydrogen-bond donors (Lipinski definition) is 1. The van der Waals surface area contributed by atoms with Gasteiger partial charge >= 0.3 is 0 Å². The standard InChI is InChI=1S/C15H21N3O/c1-12-4-5-14(8-13(12)2)9-16-15-10-17-18(11-15)6-7-19-3/h4-5,8,10-11,16H,6-7,9H2,1-3H3. The minimum atomic E-state index is 0.679. The van der Waals surface area contributed by atoms with Gasteiger partial charge in [0.1, 0.15) is 0 Å². The average molecular weight is 259 g/mol. The van der Waals surface area contributed by atoms with Crippen LogP contribution in [0.5, 0.6) is 0 Å². The molecule has 0 amide bonds. The van der Waals surface area contributed by atoms with E-state index in [1.54, 1.807) is 7.11 Å². The van der Waals surface area contributed by atoms with Crippen molar-refractivity contribution in [3.8, 4) is 0 Å². The van der Waals surface area contributed by atoms with Gasteiger partial charge in [-0.25, -0.2) is 0 Å². The van der Waals surface area contributed by atoms with E-state index in [4.69, 9.17) is 4.74 Å². The molecule has 4 nitrogen and oxygen atoms in total. The second-order valence-corrected chi connectivity index (χ2v) is 4.76. The normalized spacial score (nSPS) is 10.7. The van der Waals surface area contributed by atoms with Gasteiger partial charge in [0.05, 0.1) is 25.0 Å². The van der Waals surface area contributed by atoms with Gasteiger partial charge < -0.3 is 10.1 Å². The highest BCUT2D eigenvalue weighted by molar-refractivity contribution is 5.40. The van der Waals surface area contributed by atoms with Crippen molar-refractivity contribution in [2.75, 3.05) is 19.0 Å². The first-order valence-corrected chi connectivity index (χ1v) is 6.50. The first-order chi connectivity index (χ1) is 9.19. The van der Waals surface area contributed by atoms with Crippen molar-refractivity contribution in [2.45, 2.75) is 26.9 Å². The SMILES string of the molecule is COCCn1cc(NCc2ccc(C)c(C)c2)cn1. The van der Waals surface area contributed by atoms with Crippen molar-refractivity contribution in [3.63, 3.8) is 0 Å². The van der Waals surface area contributed by atoms with Crippen molar-refractivity contribution in [1.82, 2.24) is 9.78 Å². The van der Waals surface area contributed by atoms with Crippen molar-refractivity contribution >= 4 is 5.69 Å². The molecule has 0 aliphatic heterocycles. The molecule has 0 fully saturated rings. The number of rotatable bonds is 6. The lowest BCUT2D eigenvalue weighted by Gasteiger charge is -2.06. The predicted molar refractivity (Wildman–Crippen MR) is 77.3 cm³/mol. The fourth-order valence-corrected chi connectivity index (χ4v) is 1.88. The average Bonchev–Trinajstić information content (AvgIpc) is 2.86. The van der Waals surface area contributed by atoms with Crippen LogP contribution in [0.1, 0.15) is 16.7 Å². The maximum absolute atomic E-state index is 5.03. The predicted octanol–water partition coefficient (Wildman–Crippen LogP) is 2.76. The Labute approximate surface area is 114 Å². The number of aryl methyl sites for hydroxylation is 2. The molecule has 0 spiro atoms. The van der Waals surface area contributed by atoms with E-state index in [1.807, 2.05) is 17.1 Å². The van der Waals surface area contributed by atoms with Gasteiger partial charge in [0.15, 0.2) is 0 Å². The van der Waals surface area contributed by atoms with E-state index in [0.29, 0.717) is 6.61 Å². The van der Waals surface area contributed by atoms with Gasteiger partial charge in [0.2, 0.25) is 0 Å². The minimum absolute atomic E-state index is 0.679. The van der Waals surface area contributed by atoms with Crippen molar-refractivity contribution in [1.29, 1.82) is 0 Å². The summed E-state index contributed by atoms with van der Waals surface area (Å²) in [6.45, 7) is 6.55.